The summed E-state index contributed by atoms with van der Waals surface area (Å²) in [7, 11) is 0. The molecule has 2 aromatic rings. The molecule has 0 unspecified atom stereocenters. The molecule has 2 saturated carbocycles. The maximum Gasteiger partial charge on any atom is 0.140 e. The van der Waals surface area contributed by atoms with Crippen molar-refractivity contribution < 1.29 is 0 Å². The first kappa shape index (κ1) is 13.3. The Morgan fingerprint density at radius 1 is 1.00 bits per heavy atom. The summed E-state index contributed by atoms with van der Waals surface area (Å²) in [6.45, 7) is 0. The Kier molecular flexibility index (Phi) is 3.22. The van der Waals surface area contributed by atoms with Gasteiger partial charge in [0.15, 0.2) is 0 Å². The highest BCUT2D eigenvalue weighted by Crippen LogP contribution is 2.52. The van der Waals surface area contributed by atoms with Crippen LogP contribution >= 0.6 is 11.6 Å². The third-order valence-electron chi connectivity index (χ3n) is 4.99. The van der Waals surface area contributed by atoms with E-state index in [9.17, 15) is 0 Å². The highest BCUT2D eigenvalue weighted by molar-refractivity contribution is 6.29. The van der Waals surface area contributed by atoms with Crippen LogP contribution in [-0.4, -0.2) is 9.97 Å². The molecule has 1 aromatic heterocycles. The Hall–Kier alpha value is -1.41. The Bertz CT molecular complexity index is 644. The van der Waals surface area contributed by atoms with Crippen molar-refractivity contribution in [3.8, 4) is 0 Å². The molecule has 0 spiro atoms. The van der Waals surface area contributed by atoms with Gasteiger partial charge in [0.25, 0.3) is 0 Å². The molecule has 3 heteroatoms. The zero-order chi connectivity index (χ0) is 14.3. The summed E-state index contributed by atoms with van der Waals surface area (Å²) < 4.78 is 0. The molecule has 0 bridgehead atoms. The van der Waals surface area contributed by atoms with Crippen LogP contribution in [0.2, 0.25) is 5.15 Å². The maximum atomic E-state index is 6.30. The van der Waals surface area contributed by atoms with Gasteiger partial charge in [0.05, 0.1) is 5.41 Å². The summed E-state index contributed by atoms with van der Waals surface area (Å²) in [5.41, 5.74) is 2.49. The van der Waals surface area contributed by atoms with Gasteiger partial charge in [-0.15, -0.1) is 0 Å². The van der Waals surface area contributed by atoms with Crippen molar-refractivity contribution >= 4 is 11.6 Å². The van der Waals surface area contributed by atoms with E-state index in [2.05, 4.69) is 35.3 Å². The lowest BCUT2D eigenvalue weighted by molar-refractivity contribution is 0.664. The zero-order valence-electron chi connectivity index (χ0n) is 12.1. The summed E-state index contributed by atoms with van der Waals surface area (Å²) in [5, 5.41) is 0.601. The number of aromatic nitrogens is 2. The number of nitrogens with zero attached hydrogens (tertiary/aromatic N) is 2. The molecule has 2 fully saturated rings. The predicted molar refractivity (Wildman–Crippen MR) is 84.7 cm³/mol. The third kappa shape index (κ3) is 2.36. The van der Waals surface area contributed by atoms with Crippen molar-refractivity contribution in [2.45, 2.75) is 49.9 Å². The van der Waals surface area contributed by atoms with Crippen molar-refractivity contribution in [1.82, 2.24) is 9.97 Å². The molecule has 0 aliphatic heterocycles. The lowest BCUT2D eigenvalue weighted by atomic mass is 9.94. The molecule has 2 aliphatic carbocycles. The standard InChI is InChI=1S/C18H19ClN2/c19-16-12-15(13-6-4-5-7-13)20-17(21-16)18(10-11-18)14-8-2-1-3-9-14/h1-3,8-9,12-13H,4-7,10-11H2. The van der Waals surface area contributed by atoms with Crippen LogP contribution < -0.4 is 0 Å². The summed E-state index contributed by atoms with van der Waals surface area (Å²) in [6.07, 6.45) is 7.36. The number of hydrogen-bond donors (Lipinski definition) is 0. The quantitative estimate of drug-likeness (QED) is 0.756. The Morgan fingerprint density at radius 3 is 2.38 bits per heavy atom. The number of rotatable bonds is 3. The van der Waals surface area contributed by atoms with Crippen LogP contribution in [0.3, 0.4) is 0 Å². The first-order valence-electron chi connectivity index (χ1n) is 7.88. The number of benzene rings is 1. The smallest absolute Gasteiger partial charge is 0.140 e. The van der Waals surface area contributed by atoms with Gasteiger partial charge in [-0.1, -0.05) is 54.8 Å². The summed E-state index contributed by atoms with van der Waals surface area (Å²) in [5.74, 6) is 1.51. The minimum atomic E-state index is 0.0134. The van der Waals surface area contributed by atoms with Gasteiger partial charge in [-0.3, -0.25) is 0 Å². The Morgan fingerprint density at radius 2 is 1.71 bits per heavy atom. The van der Waals surface area contributed by atoms with Crippen molar-refractivity contribution in [3.05, 3.63) is 58.6 Å². The zero-order valence-corrected chi connectivity index (χ0v) is 12.8. The van der Waals surface area contributed by atoms with E-state index in [-0.39, 0.29) is 5.41 Å². The molecule has 0 atom stereocenters. The lowest BCUT2D eigenvalue weighted by Gasteiger charge is -2.17. The van der Waals surface area contributed by atoms with E-state index >= 15 is 0 Å². The summed E-state index contributed by atoms with van der Waals surface area (Å²) in [4.78, 5) is 9.50. The monoisotopic (exact) mass is 298 g/mol. The average molecular weight is 299 g/mol. The topological polar surface area (TPSA) is 25.8 Å². The fourth-order valence-corrected chi connectivity index (χ4v) is 3.80. The van der Waals surface area contributed by atoms with E-state index in [0.29, 0.717) is 11.1 Å². The highest BCUT2D eigenvalue weighted by atomic mass is 35.5. The molecule has 0 amide bonds. The van der Waals surface area contributed by atoms with Crippen molar-refractivity contribution in [2.75, 3.05) is 0 Å². The van der Waals surface area contributed by atoms with Gasteiger partial charge in [-0.05, 0) is 37.3 Å². The molecule has 2 aliphatic rings. The van der Waals surface area contributed by atoms with Crippen LogP contribution in [-0.2, 0) is 5.41 Å². The molecule has 1 heterocycles. The SMILES string of the molecule is Clc1cc(C2CCCC2)nc(C2(c3ccccc3)CC2)n1. The van der Waals surface area contributed by atoms with Gasteiger partial charge in [-0.2, -0.15) is 0 Å². The van der Waals surface area contributed by atoms with E-state index in [0.717, 1.165) is 24.4 Å². The second-order valence-corrected chi connectivity index (χ2v) is 6.76. The second-order valence-electron chi connectivity index (χ2n) is 6.37. The van der Waals surface area contributed by atoms with Crippen molar-refractivity contribution in [2.24, 2.45) is 0 Å². The van der Waals surface area contributed by atoms with E-state index in [1.54, 1.807) is 0 Å². The fourth-order valence-electron chi connectivity index (χ4n) is 3.60. The van der Waals surface area contributed by atoms with Gasteiger partial charge in [0, 0.05) is 11.6 Å². The number of halogens is 1. The molecule has 1 aromatic carbocycles. The molecular formula is C18H19ClN2. The summed E-state index contributed by atoms with van der Waals surface area (Å²) >= 11 is 6.30. The molecule has 108 valence electrons. The first-order chi connectivity index (χ1) is 10.3. The number of hydrogen-bond acceptors (Lipinski definition) is 2. The van der Waals surface area contributed by atoms with E-state index in [1.807, 2.05) is 6.07 Å². The van der Waals surface area contributed by atoms with Gasteiger partial charge < -0.3 is 0 Å². The Labute approximate surface area is 130 Å². The average Bonchev–Trinajstić information content (AvgIpc) is 3.15. The molecule has 2 nitrogen and oxygen atoms in total. The normalized spacial score (nSPS) is 20.6. The second kappa shape index (κ2) is 5.10. The predicted octanol–water partition coefficient (Wildman–Crippen LogP) is 4.87. The fraction of sp³-hybridized carbons (Fsp3) is 0.444. The molecular weight excluding hydrogens is 280 g/mol. The van der Waals surface area contributed by atoms with Crippen LogP contribution in [0, 0.1) is 0 Å². The molecule has 4 rings (SSSR count). The van der Waals surface area contributed by atoms with E-state index in [1.165, 1.54) is 31.2 Å². The molecule has 21 heavy (non-hydrogen) atoms. The first-order valence-corrected chi connectivity index (χ1v) is 8.26. The van der Waals surface area contributed by atoms with Crippen LogP contribution in [0.1, 0.15) is 61.5 Å². The van der Waals surface area contributed by atoms with Gasteiger partial charge in [-0.25, -0.2) is 9.97 Å². The maximum absolute atomic E-state index is 6.30. The van der Waals surface area contributed by atoms with Crippen LogP contribution in [0.25, 0.3) is 0 Å². The lowest BCUT2D eigenvalue weighted by Crippen LogP contribution is -2.15. The Balaban J connectivity index is 1.75. The largest absolute Gasteiger partial charge is 0.237 e. The summed E-state index contributed by atoms with van der Waals surface area (Å²) in [6, 6.07) is 12.6. The van der Waals surface area contributed by atoms with Crippen LogP contribution in [0.15, 0.2) is 36.4 Å². The van der Waals surface area contributed by atoms with Crippen LogP contribution in [0.5, 0.6) is 0 Å². The highest BCUT2D eigenvalue weighted by Gasteiger charge is 2.49. The van der Waals surface area contributed by atoms with Crippen molar-refractivity contribution in [1.29, 1.82) is 0 Å². The minimum Gasteiger partial charge on any atom is -0.237 e. The van der Waals surface area contributed by atoms with Crippen LogP contribution in [0.4, 0.5) is 0 Å². The van der Waals surface area contributed by atoms with Gasteiger partial charge in [0.1, 0.15) is 11.0 Å². The molecule has 0 saturated heterocycles. The molecule has 0 radical (unpaired) electrons. The minimum absolute atomic E-state index is 0.0134. The van der Waals surface area contributed by atoms with Gasteiger partial charge in [0.2, 0.25) is 0 Å². The molecule has 0 N–H and O–H groups in total. The third-order valence-corrected chi connectivity index (χ3v) is 5.19. The van der Waals surface area contributed by atoms with Gasteiger partial charge >= 0.3 is 0 Å². The van der Waals surface area contributed by atoms with Crippen molar-refractivity contribution in [3.63, 3.8) is 0 Å². The van der Waals surface area contributed by atoms with E-state index < -0.39 is 0 Å². The van der Waals surface area contributed by atoms with E-state index in [4.69, 9.17) is 16.6 Å².